The summed E-state index contributed by atoms with van der Waals surface area (Å²) >= 11 is 0. The molecule has 1 rings (SSSR count). The fraction of sp³-hybridized carbons (Fsp3) is 0.467. The highest BCUT2D eigenvalue weighted by molar-refractivity contribution is 5.57. The summed E-state index contributed by atoms with van der Waals surface area (Å²) in [7, 11) is 3.68. The van der Waals surface area contributed by atoms with E-state index >= 15 is 0 Å². The van der Waals surface area contributed by atoms with Crippen molar-refractivity contribution >= 4 is 5.69 Å². The molecule has 0 saturated carbocycles. The van der Waals surface area contributed by atoms with E-state index in [0.29, 0.717) is 0 Å². The zero-order valence-corrected chi connectivity index (χ0v) is 12.1. The van der Waals surface area contributed by atoms with Crippen molar-refractivity contribution in [2.24, 2.45) is 0 Å². The monoisotopic (exact) mass is 248 g/mol. The van der Waals surface area contributed by atoms with Gasteiger partial charge in [0.15, 0.2) is 0 Å². The molecular formula is C15H24N2O. The minimum absolute atomic E-state index is 0.906. The lowest BCUT2D eigenvalue weighted by Gasteiger charge is -2.26. The molecule has 0 saturated heterocycles. The maximum atomic E-state index is 5.34. The molecule has 0 spiro atoms. The molecule has 1 aromatic carbocycles. The summed E-state index contributed by atoms with van der Waals surface area (Å²) in [5.41, 5.74) is 3.64. The number of benzene rings is 1. The van der Waals surface area contributed by atoms with Crippen LogP contribution in [0.1, 0.15) is 19.4 Å². The Balaban J connectivity index is 3.07. The number of aryl methyl sites for hydroxylation is 1. The average Bonchev–Trinajstić information content (AvgIpc) is 2.38. The maximum Gasteiger partial charge on any atom is 0.121 e. The molecule has 0 radical (unpaired) electrons. The summed E-state index contributed by atoms with van der Waals surface area (Å²) in [5.74, 6) is 0.906. The van der Waals surface area contributed by atoms with Gasteiger partial charge in [0.05, 0.1) is 7.11 Å². The quantitative estimate of drug-likeness (QED) is 0.837. The van der Waals surface area contributed by atoms with Gasteiger partial charge in [-0.1, -0.05) is 6.08 Å². The van der Waals surface area contributed by atoms with Crippen LogP contribution in [0.25, 0.3) is 0 Å². The van der Waals surface area contributed by atoms with Crippen LogP contribution < -0.4 is 15.0 Å². The van der Waals surface area contributed by atoms with Gasteiger partial charge in [-0.15, -0.1) is 0 Å². The normalized spacial score (nSPS) is 11.5. The highest BCUT2D eigenvalue weighted by Gasteiger charge is 2.09. The Morgan fingerprint density at radius 3 is 2.67 bits per heavy atom. The number of ether oxygens (including phenoxy) is 1. The largest absolute Gasteiger partial charge is 0.497 e. The van der Waals surface area contributed by atoms with Crippen LogP contribution in [-0.4, -0.2) is 27.2 Å². The van der Waals surface area contributed by atoms with Crippen molar-refractivity contribution in [2.45, 2.75) is 20.8 Å². The van der Waals surface area contributed by atoms with Gasteiger partial charge >= 0.3 is 0 Å². The molecule has 0 aliphatic rings. The van der Waals surface area contributed by atoms with E-state index in [0.717, 1.165) is 18.8 Å². The second-order valence-electron chi connectivity index (χ2n) is 4.39. The SMILES string of the molecule is CC=C(C)N(CCNC)c1cc(C)cc(OC)c1. The summed E-state index contributed by atoms with van der Waals surface area (Å²) in [6.07, 6.45) is 2.13. The van der Waals surface area contributed by atoms with E-state index in [9.17, 15) is 0 Å². The molecule has 0 fully saturated rings. The van der Waals surface area contributed by atoms with E-state index in [4.69, 9.17) is 4.74 Å². The first-order valence-corrected chi connectivity index (χ1v) is 6.33. The second kappa shape index (κ2) is 7.07. The number of hydrogen-bond donors (Lipinski definition) is 1. The van der Waals surface area contributed by atoms with Gasteiger partial charge in [0.1, 0.15) is 5.75 Å². The Bertz CT molecular complexity index is 413. The predicted molar refractivity (Wildman–Crippen MR) is 78.4 cm³/mol. The Labute approximate surface area is 110 Å². The Hall–Kier alpha value is -1.48. The number of hydrogen-bond acceptors (Lipinski definition) is 3. The average molecular weight is 248 g/mol. The molecule has 0 aliphatic heterocycles. The zero-order chi connectivity index (χ0) is 13.5. The minimum atomic E-state index is 0.906. The number of nitrogens with zero attached hydrogens (tertiary/aromatic N) is 1. The van der Waals surface area contributed by atoms with Crippen molar-refractivity contribution in [3.8, 4) is 5.75 Å². The molecule has 0 unspecified atom stereocenters. The van der Waals surface area contributed by atoms with Crippen LogP contribution >= 0.6 is 0 Å². The molecular weight excluding hydrogens is 224 g/mol. The van der Waals surface area contributed by atoms with Crippen molar-refractivity contribution in [2.75, 3.05) is 32.1 Å². The Kier molecular flexibility index (Phi) is 5.72. The Morgan fingerprint density at radius 1 is 1.39 bits per heavy atom. The van der Waals surface area contributed by atoms with Crippen molar-refractivity contribution in [3.05, 3.63) is 35.5 Å². The van der Waals surface area contributed by atoms with Crippen LogP contribution in [0.2, 0.25) is 0 Å². The van der Waals surface area contributed by atoms with Gasteiger partial charge < -0.3 is 15.0 Å². The van der Waals surface area contributed by atoms with Gasteiger partial charge in [0.2, 0.25) is 0 Å². The van der Waals surface area contributed by atoms with Crippen LogP contribution in [0.15, 0.2) is 30.0 Å². The van der Waals surface area contributed by atoms with Crippen LogP contribution in [0.3, 0.4) is 0 Å². The van der Waals surface area contributed by atoms with E-state index in [1.807, 2.05) is 13.1 Å². The molecule has 0 atom stereocenters. The van der Waals surface area contributed by atoms with Crippen molar-refractivity contribution < 1.29 is 4.74 Å². The number of allylic oxidation sites excluding steroid dienone is 2. The predicted octanol–water partition coefficient (Wildman–Crippen LogP) is 2.95. The summed E-state index contributed by atoms with van der Waals surface area (Å²) in [6.45, 7) is 8.17. The Morgan fingerprint density at radius 2 is 2.11 bits per heavy atom. The third kappa shape index (κ3) is 3.77. The number of rotatable bonds is 6. The molecule has 3 heteroatoms. The third-order valence-electron chi connectivity index (χ3n) is 3.01. The molecule has 0 aliphatic carbocycles. The lowest BCUT2D eigenvalue weighted by molar-refractivity contribution is 0.414. The molecule has 0 bridgehead atoms. The molecule has 18 heavy (non-hydrogen) atoms. The number of likely N-dealkylation sites (N-methyl/N-ethyl adjacent to an activating group) is 1. The van der Waals surface area contributed by atoms with Crippen LogP contribution in [-0.2, 0) is 0 Å². The van der Waals surface area contributed by atoms with Gasteiger partial charge in [0, 0.05) is 30.5 Å². The number of nitrogens with one attached hydrogen (secondary N) is 1. The zero-order valence-electron chi connectivity index (χ0n) is 12.1. The third-order valence-corrected chi connectivity index (χ3v) is 3.01. The van der Waals surface area contributed by atoms with Gasteiger partial charge in [-0.05, 0) is 45.5 Å². The van der Waals surface area contributed by atoms with E-state index < -0.39 is 0 Å². The van der Waals surface area contributed by atoms with E-state index in [1.165, 1.54) is 16.9 Å². The fourth-order valence-electron chi connectivity index (χ4n) is 1.89. The number of anilines is 1. The highest BCUT2D eigenvalue weighted by atomic mass is 16.5. The van der Waals surface area contributed by atoms with E-state index in [2.05, 4.69) is 49.2 Å². The molecule has 0 amide bonds. The van der Waals surface area contributed by atoms with Crippen LogP contribution in [0.5, 0.6) is 5.75 Å². The molecule has 0 aromatic heterocycles. The van der Waals surface area contributed by atoms with Gasteiger partial charge in [-0.2, -0.15) is 0 Å². The van der Waals surface area contributed by atoms with Crippen molar-refractivity contribution in [1.82, 2.24) is 5.32 Å². The first-order chi connectivity index (χ1) is 8.62. The van der Waals surface area contributed by atoms with Crippen molar-refractivity contribution in [3.63, 3.8) is 0 Å². The lowest BCUT2D eigenvalue weighted by Crippen LogP contribution is -2.29. The summed E-state index contributed by atoms with van der Waals surface area (Å²) in [5, 5.41) is 3.19. The number of methoxy groups -OCH3 is 1. The van der Waals surface area contributed by atoms with Crippen LogP contribution in [0.4, 0.5) is 5.69 Å². The first-order valence-electron chi connectivity index (χ1n) is 6.33. The molecule has 1 N–H and O–H groups in total. The van der Waals surface area contributed by atoms with Gasteiger partial charge in [0.25, 0.3) is 0 Å². The smallest absolute Gasteiger partial charge is 0.121 e. The molecule has 100 valence electrons. The topological polar surface area (TPSA) is 24.5 Å². The summed E-state index contributed by atoms with van der Waals surface area (Å²) in [6, 6.07) is 6.31. The van der Waals surface area contributed by atoms with Gasteiger partial charge in [-0.25, -0.2) is 0 Å². The maximum absolute atomic E-state index is 5.34. The van der Waals surface area contributed by atoms with E-state index in [-0.39, 0.29) is 0 Å². The fourth-order valence-corrected chi connectivity index (χ4v) is 1.89. The molecule has 3 nitrogen and oxygen atoms in total. The van der Waals surface area contributed by atoms with Crippen LogP contribution in [0, 0.1) is 6.92 Å². The minimum Gasteiger partial charge on any atom is -0.497 e. The first kappa shape index (κ1) is 14.6. The summed E-state index contributed by atoms with van der Waals surface area (Å²) in [4.78, 5) is 2.30. The lowest BCUT2D eigenvalue weighted by atomic mass is 10.2. The van der Waals surface area contributed by atoms with E-state index in [1.54, 1.807) is 7.11 Å². The molecule has 1 aromatic rings. The standard InChI is InChI=1S/C15H24N2O/c1-6-13(3)17(8-7-16-4)14-9-12(2)10-15(11-14)18-5/h6,9-11,16H,7-8H2,1-5H3. The van der Waals surface area contributed by atoms with Crippen molar-refractivity contribution in [1.29, 1.82) is 0 Å². The highest BCUT2D eigenvalue weighted by Crippen LogP contribution is 2.26. The second-order valence-corrected chi connectivity index (χ2v) is 4.39. The summed E-state index contributed by atoms with van der Waals surface area (Å²) < 4.78 is 5.34. The molecule has 0 heterocycles. The van der Waals surface area contributed by atoms with Gasteiger partial charge in [-0.3, -0.25) is 0 Å².